The van der Waals surface area contributed by atoms with Gasteiger partial charge in [0.15, 0.2) is 0 Å². The molecule has 0 aliphatic rings. The second-order valence-corrected chi connectivity index (χ2v) is 3.80. The lowest BCUT2D eigenvalue weighted by Crippen LogP contribution is -2.24. The smallest absolute Gasteiger partial charge is 0.326 e. The summed E-state index contributed by atoms with van der Waals surface area (Å²) in [5.74, 6) is -0.346. The monoisotopic (exact) mass is 236 g/mol. The molecule has 0 saturated carbocycles. The van der Waals surface area contributed by atoms with Crippen LogP contribution in [0.1, 0.15) is 11.1 Å². The van der Waals surface area contributed by atoms with Gasteiger partial charge in [0.2, 0.25) is 0 Å². The number of rotatable bonds is 3. The highest BCUT2D eigenvalue weighted by Gasteiger charge is 2.07. The lowest BCUT2D eigenvalue weighted by atomic mass is 10.1. The van der Waals surface area contributed by atoms with Gasteiger partial charge < -0.3 is 5.73 Å². The van der Waals surface area contributed by atoms with Gasteiger partial charge in [0.1, 0.15) is 12.1 Å². The lowest BCUT2D eigenvalue weighted by molar-refractivity contribution is 0.609. The van der Waals surface area contributed by atoms with Crippen LogP contribution in [-0.4, -0.2) is 14.3 Å². The molecule has 0 unspecified atom stereocenters. The van der Waals surface area contributed by atoms with Crippen molar-refractivity contribution >= 4 is 0 Å². The average molecular weight is 236 g/mol. The van der Waals surface area contributed by atoms with E-state index in [0.29, 0.717) is 12.1 Å². The Hall–Kier alpha value is -1.95. The summed E-state index contributed by atoms with van der Waals surface area (Å²) in [4.78, 5) is 11.6. The summed E-state index contributed by atoms with van der Waals surface area (Å²) < 4.78 is 15.8. The van der Waals surface area contributed by atoms with E-state index in [0.717, 1.165) is 5.56 Å². The summed E-state index contributed by atoms with van der Waals surface area (Å²) in [5, 5.41) is 3.92. The van der Waals surface area contributed by atoms with E-state index in [4.69, 9.17) is 5.73 Å². The lowest BCUT2D eigenvalue weighted by Gasteiger charge is -2.07. The Balaban J connectivity index is 2.38. The highest BCUT2D eigenvalue weighted by Crippen LogP contribution is 2.11. The fourth-order valence-electron chi connectivity index (χ4n) is 1.63. The molecule has 0 spiro atoms. The van der Waals surface area contributed by atoms with Gasteiger partial charge in [-0.3, -0.25) is 4.57 Å². The van der Waals surface area contributed by atoms with Gasteiger partial charge in [-0.1, -0.05) is 6.07 Å². The molecule has 6 heteroatoms. The molecule has 0 radical (unpaired) electrons. The number of hydrogen-bond donors (Lipinski definition) is 1. The molecule has 90 valence electrons. The molecule has 0 aliphatic carbocycles. The molecule has 2 N–H and O–H groups in total. The molecule has 0 fully saturated rings. The summed E-state index contributed by atoms with van der Waals surface area (Å²) in [6.07, 6.45) is 1.42. The Morgan fingerprint density at radius 1 is 1.41 bits per heavy atom. The van der Waals surface area contributed by atoms with Gasteiger partial charge in [-0.15, -0.1) is 0 Å². The number of aryl methyl sites for hydroxylation is 1. The normalized spacial score (nSPS) is 10.8. The zero-order chi connectivity index (χ0) is 12.4. The maximum absolute atomic E-state index is 13.1. The first-order valence-corrected chi connectivity index (χ1v) is 5.17. The molecule has 0 amide bonds. The van der Waals surface area contributed by atoms with Crippen LogP contribution in [-0.2, 0) is 20.1 Å². The van der Waals surface area contributed by atoms with Gasteiger partial charge in [0.25, 0.3) is 0 Å². The molecule has 0 atom stereocenters. The predicted octanol–water partition coefficient (Wildman–Crippen LogP) is 0.228. The Labute approximate surface area is 97.3 Å². The zero-order valence-corrected chi connectivity index (χ0v) is 9.43. The van der Waals surface area contributed by atoms with E-state index in [1.54, 1.807) is 13.1 Å². The van der Waals surface area contributed by atoms with Crippen LogP contribution in [0, 0.1) is 5.82 Å². The Bertz CT molecular complexity index is 587. The van der Waals surface area contributed by atoms with Crippen LogP contribution in [0.15, 0.2) is 29.3 Å². The number of nitrogens with zero attached hydrogens (tertiary/aromatic N) is 3. The van der Waals surface area contributed by atoms with Gasteiger partial charge in [0, 0.05) is 13.6 Å². The first-order chi connectivity index (χ1) is 8.11. The van der Waals surface area contributed by atoms with Crippen molar-refractivity contribution < 1.29 is 4.39 Å². The second-order valence-electron chi connectivity index (χ2n) is 3.80. The highest BCUT2D eigenvalue weighted by molar-refractivity contribution is 5.27. The number of benzene rings is 1. The van der Waals surface area contributed by atoms with Crippen LogP contribution in [0.3, 0.4) is 0 Å². The van der Waals surface area contributed by atoms with E-state index in [2.05, 4.69) is 5.10 Å². The third kappa shape index (κ3) is 2.26. The van der Waals surface area contributed by atoms with E-state index in [9.17, 15) is 9.18 Å². The molecule has 17 heavy (non-hydrogen) atoms. The molecule has 5 nitrogen and oxygen atoms in total. The standard InChI is InChI=1S/C11H13FN4O/c1-15-7-14-16(11(15)17)6-9-4-10(12)3-2-8(9)5-13/h2-4,7H,5-6,13H2,1H3. The van der Waals surface area contributed by atoms with Gasteiger partial charge in [-0.2, -0.15) is 5.10 Å². The second kappa shape index (κ2) is 4.50. The van der Waals surface area contributed by atoms with Crippen LogP contribution < -0.4 is 11.4 Å². The van der Waals surface area contributed by atoms with Crippen molar-refractivity contribution in [2.75, 3.05) is 0 Å². The molecule has 0 bridgehead atoms. The molecule has 0 aliphatic heterocycles. The molecule has 1 aromatic heterocycles. The molecule has 1 heterocycles. The number of nitrogens with two attached hydrogens (primary N) is 1. The summed E-state index contributed by atoms with van der Waals surface area (Å²) in [6, 6.07) is 4.36. The number of halogens is 1. The maximum atomic E-state index is 13.1. The summed E-state index contributed by atoms with van der Waals surface area (Å²) >= 11 is 0. The van der Waals surface area contributed by atoms with Gasteiger partial charge in [0.05, 0.1) is 6.54 Å². The molecular formula is C11H13FN4O. The topological polar surface area (TPSA) is 65.8 Å². The van der Waals surface area contributed by atoms with Gasteiger partial charge in [-0.05, 0) is 23.3 Å². The van der Waals surface area contributed by atoms with E-state index in [1.165, 1.54) is 27.7 Å². The summed E-state index contributed by atoms with van der Waals surface area (Å²) in [7, 11) is 1.61. The first-order valence-electron chi connectivity index (χ1n) is 5.17. The van der Waals surface area contributed by atoms with E-state index >= 15 is 0 Å². The fourth-order valence-corrected chi connectivity index (χ4v) is 1.63. The SMILES string of the molecule is Cn1cnn(Cc2cc(F)ccc2CN)c1=O. The third-order valence-electron chi connectivity index (χ3n) is 2.60. The van der Waals surface area contributed by atoms with Crippen molar-refractivity contribution in [1.29, 1.82) is 0 Å². The molecule has 0 saturated heterocycles. The number of aromatic nitrogens is 3. The molecule has 2 rings (SSSR count). The van der Waals surface area contributed by atoms with Crippen molar-refractivity contribution in [2.45, 2.75) is 13.1 Å². The fraction of sp³-hybridized carbons (Fsp3) is 0.273. The Kier molecular flexibility index (Phi) is 3.06. The van der Waals surface area contributed by atoms with Crippen LogP contribution in [0.4, 0.5) is 4.39 Å². The van der Waals surface area contributed by atoms with Gasteiger partial charge in [-0.25, -0.2) is 13.9 Å². The van der Waals surface area contributed by atoms with Crippen molar-refractivity contribution in [3.05, 3.63) is 52.0 Å². The summed E-state index contributed by atoms with van der Waals surface area (Å²) in [5.41, 5.74) is 6.81. The first kappa shape index (κ1) is 11.5. The van der Waals surface area contributed by atoms with Crippen molar-refractivity contribution in [3.63, 3.8) is 0 Å². The van der Waals surface area contributed by atoms with Crippen molar-refractivity contribution in [3.8, 4) is 0 Å². The average Bonchev–Trinajstić information content (AvgIpc) is 2.61. The Morgan fingerprint density at radius 2 is 2.18 bits per heavy atom. The summed E-state index contributed by atoms with van der Waals surface area (Å²) in [6.45, 7) is 0.529. The van der Waals surface area contributed by atoms with Crippen LogP contribution in [0.2, 0.25) is 0 Å². The van der Waals surface area contributed by atoms with E-state index < -0.39 is 0 Å². The zero-order valence-electron chi connectivity index (χ0n) is 9.43. The van der Waals surface area contributed by atoms with Crippen LogP contribution >= 0.6 is 0 Å². The molecule has 1 aromatic carbocycles. The highest BCUT2D eigenvalue weighted by atomic mass is 19.1. The van der Waals surface area contributed by atoms with E-state index in [-0.39, 0.29) is 18.1 Å². The van der Waals surface area contributed by atoms with Gasteiger partial charge >= 0.3 is 5.69 Å². The maximum Gasteiger partial charge on any atom is 0.345 e. The minimum absolute atomic E-state index is 0.226. The quantitative estimate of drug-likeness (QED) is 0.829. The van der Waals surface area contributed by atoms with Crippen LogP contribution in [0.25, 0.3) is 0 Å². The van der Waals surface area contributed by atoms with E-state index in [1.807, 2.05) is 0 Å². The minimum Gasteiger partial charge on any atom is -0.326 e. The van der Waals surface area contributed by atoms with Crippen molar-refractivity contribution in [2.24, 2.45) is 12.8 Å². The Morgan fingerprint density at radius 3 is 2.76 bits per heavy atom. The largest absolute Gasteiger partial charge is 0.345 e. The predicted molar refractivity (Wildman–Crippen MR) is 60.9 cm³/mol. The third-order valence-corrected chi connectivity index (χ3v) is 2.60. The minimum atomic E-state index is -0.346. The van der Waals surface area contributed by atoms with Crippen LogP contribution in [0.5, 0.6) is 0 Å². The number of hydrogen-bond acceptors (Lipinski definition) is 3. The molecular weight excluding hydrogens is 223 g/mol. The molecule has 2 aromatic rings. The van der Waals surface area contributed by atoms with Crippen molar-refractivity contribution in [1.82, 2.24) is 14.3 Å².